The molecule has 3 heterocycles. The number of carbonyl (C=O) groups is 3. The van der Waals surface area contributed by atoms with E-state index in [1.165, 1.54) is 9.80 Å². The molecule has 0 aromatic heterocycles. The van der Waals surface area contributed by atoms with Gasteiger partial charge >= 0.3 is 0 Å². The van der Waals surface area contributed by atoms with Gasteiger partial charge in [-0.3, -0.25) is 19.3 Å². The number of hydrogen-bond donors (Lipinski definition) is 1. The largest absolute Gasteiger partial charge is 0.507 e. The quantitative estimate of drug-likeness (QED) is 0.405. The van der Waals surface area contributed by atoms with Gasteiger partial charge in [0, 0.05) is 50.0 Å². The van der Waals surface area contributed by atoms with E-state index >= 15 is 0 Å². The molecule has 2 amide bonds. The van der Waals surface area contributed by atoms with E-state index in [1.54, 1.807) is 37.4 Å². The Kier molecular flexibility index (Phi) is 5.94. The predicted molar refractivity (Wildman–Crippen MR) is 131 cm³/mol. The number of carbonyl (C=O) groups excluding carboxylic acids is 3. The van der Waals surface area contributed by atoms with Crippen LogP contribution in [0, 0.1) is 6.92 Å². The summed E-state index contributed by atoms with van der Waals surface area (Å²) in [5.41, 5.74) is 0.668. The van der Waals surface area contributed by atoms with Crippen LogP contribution in [0.2, 0.25) is 0 Å². The molecule has 0 bridgehead atoms. The van der Waals surface area contributed by atoms with Crippen LogP contribution in [0.5, 0.6) is 0 Å². The lowest BCUT2D eigenvalue weighted by molar-refractivity contribution is -0.143. The van der Waals surface area contributed by atoms with Gasteiger partial charge in [0.1, 0.15) is 5.76 Å². The SMILES string of the molecule is Cc1ccc(C(O)=C2C(=O)C(=O)N(CCCN3CCOCC3)C23C(=O)N(C)c2ccccc23)cc1. The number of para-hydroxylation sites is 1. The van der Waals surface area contributed by atoms with Crippen molar-refractivity contribution >= 4 is 29.0 Å². The highest BCUT2D eigenvalue weighted by atomic mass is 16.5. The standard InChI is InChI=1S/C27H29N3O5/c1-18-8-10-19(11-9-18)23(31)22-24(32)25(33)30(13-5-12-29-14-16-35-17-15-29)27(22)20-6-3-4-7-21(20)28(2)26(27)34/h3-4,6-11,31H,5,12-17H2,1-2H3. The van der Waals surface area contributed by atoms with E-state index in [0.29, 0.717) is 43.0 Å². The molecule has 2 aromatic carbocycles. The summed E-state index contributed by atoms with van der Waals surface area (Å²) >= 11 is 0. The summed E-state index contributed by atoms with van der Waals surface area (Å²) in [7, 11) is 1.63. The summed E-state index contributed by atoms with van der Waals surface area (Å²) in [4.78, 5) is 46.0. The number of anilines is 1. The van der Waals surface area contributed by atoms with Crippen molar-refractivity contribution in [1.29, 1.82) is 0 Å². The Morgan fingerprint density at radius 1 is 1.00 bits per heavy atom. The molecule has 8 heteroatoms. The van der Waals surface area contributed by atoms with Gasteiger partial charge in [-0.15, -0.1) is 0 Å². The lowest BCUT2D eigenvalue weighted by Gasteiger charge is -2.35. The molecule has 2 fully saturated rings. The molecular weight excluding hydrogens is 446 g/mol. The highest BCUT2D eigenvalue weighted by Gasteiger charge is 2.66. The second-order valence-corrected chi connectivity index (χ2v) is 9.27. The zero-order valence-electron chi connectivity index (χ0n) is 20.0. The van der Waals surface area contributed by atoms with Gasteiger partial charge in [-0.1, -0.05) is 48.0 Å². The lowest BCUT2D eigenvalue weighted by atomic mass is 9.81. The maximum Gasteiger partial charge on any atom is 0.296 e. The lowest BCUT2D eigenvalue weighted by Crippen LogP contribution is -2.52. The molecule has 182 valence electrons. The van der Waals surface area contributed by atoms with E-state index in [-0.39, 0.29) is 17.9 Å². The zero-order valence-corrected chi connectivity index (χ0v) is 20.0. The smallest absolute Gasteiger partial charge is 0.296 e. The van der Waals surface area contributed by atoms with Crippen molar-refractivity contribution in [1.82, 2.24) is 9.80 Å². The number of aliphatic hydroxyl groups is 1. The topological polar surface area (TPSA) is 90.4 Å². The molecule has 8 nitrogen and oxygen atoms in total. The van der Waals surface area contributed by atoms with Gasteiger partial charge in [-0.25, -0.2) is 0 Å². The molecular formula is C27H29N3O5. The number of rotatable bonds is 5. The van der Waals surface area contributed by atoms with Crippen molar-refractivity contribution < 1.29 is 24.2 Å². The number of morpholine rings is 1. The van der Waals surface area contributed by atoms with Gasteiger partial charge in [-0.2, -0.15) is 0 Å². The monoisotopic (exact) mass is 475 g/mol. The van der Waals surface area contributed by atoms with Crippen molar-refractivity contribution in [3.8, 4) is 0 Å². The van der Waals surface area contributed by atoms with Crippen LogP contribution in [0.15, 0.2) is 54.1 Å². The molecule has 0 saturated carbocycles. The molecule has 1 unspecified atom stereocenters. The number of ketones is 1. The number of aliphatic hydroxyl groups excluding tert-OH is 1. The van der Waals surface area contributed by atoms with Crippen LogP contribution in [0.4, 0.5) is 5.69 Å². The van der Waals surface area contributed by atoms with Crippen molar-refractivity contribution in [3.05, 3.63) is 70.8 Å². The molecule has 1 N–H and O–H groups in total. The molecule has 2 saturated heterocycles. The summed E-state index contributed by atoms with van der Waals surface area (Å²) < 4.78 is 5.41. The summed E-state index contributed by atoms with van der Waals surface area (Å²) in [5, 5.41) is 11.4. The summed E-state index contributed by atoms with van der Waals surface area (Å²) in [6.45, 7) is 5.79. The van der Waals surface area contributed by atoms with Gasteiger partial charge in [0.2, 0.25) is 0 Å². The van der Waals surface area contributed by atoms with Crippen molar-refractivity contribution in [2.45, 2.75) is 18.9 Å². The summed E-state index contributed by atoms with van der Waals surface area (Å²) in [5.74, 6) is -2.36. The number of likely N-dealkylation sites (N-methyl/N-ethyl adjacent to an activating group) is 1. The number of benzene rings is 2. The van der Waals surface area contributed by atoms with E-state index in [1.807, 2.05) is 25.1 Å². The van der Waals surface area contributed by atoms with Gasteiger partial charge in [-0.05, 0) is 19.4 Å². The number of hydrogen-bond acceptors (Lipinski definition) is 6. The van der Waals surface area contributed by atoms with E-state index in [2.05, 4.69) is 4.90 Å². The molecule has 35 heavy (non-hydrogen) atoms. The number of ether oxygens (including phenoxy) is 1. The molecule has 0 radical (unpaired) electrons. The maximum absolute atomic E-state index is 14.0. The number of likely N-dealkylation sites (tertiary alicyclic amines) is 1. The first kappa shape index (κ1) is 23.3. The van der Waals surface area contributed by atoms with Crippen molar-refractivity contribution in [2.24, 2.45) is 0 Å². The van der Waals surface area contributed by atoms with Crippen LogP contribution in [-0.2, 0) is 24.7 Å². The van der Waals surface area contributed by atoms with Crippen LogP contribution in [0.25, 0.3) is 5.76 Å². The van der Waals surface area contributed by atoms with Crippen LogP contribution in [0.3, 0.4) is 0 Å². The second-order valence-electron chi connectivity index (χ2n) is 9.27. The number of nitrogens with zero attached hydrogens (tertiary/aromatic N) is 3. The Labute approximate surface area is 204 Å². The van der Waals surface area contributed by atoms with Crippen LogP contribution >= 0.6 is 0 Å². The third-order valence-corrected chi connectivity index (χ3v) is 7.22. The zero-order chi connectivity index (χ0) is 24.7. The first-order valence-electron chi connectivity index (χ1n) is 11.9. The fourth-order valence-corrected chi connectivity index (χ4v) is 5.40. The van der Waals surface area contributed by atoms with Crippen molar-refractivity contribution in [3.63, 3.8) is 0 Å². The average molecular weight is 476 g/mol. The van der Waals surface area contributed by atoms with Crippen LogP contribution in [0.1, 0.15) is 23.1 Å². The first-order chi connectivity index (χ1) is 16.9. The third-order valence-electron chi connectivity index (χ3n) is 7.22. The highest BCUT2D eigenvalue weighted by molar-refractivity contribution is 6.50. The average Bonchev–Trinajstić information content (AvgIpc) is 3.23. The van der Waals surface area contributed by atoms with Crippen LogP contribution < -0.4 is 4.90 Å². The minimum absolute atomic E-state index is 0.167. The van der Waals surface area contributed by atoms with Gasteiger partial charge in [0.05, 0.1) is 18.8 Å². The number of Topliss-reactive ketones (excluding diaryl/α,β-unsaturated/α-hetero) is 1. The molecule has 5 rings (SSSR count). The Morgan fingerprint density at radius 3 is 2.40 bits per heavy atom. The number of aryl methyl sites for hydroxylation is 1. The van der Waals surface area contributed by atoms with Crippen LogP contribution in [-0.4, -0.2) is 78.9 Å². The number of amides is 2. The van der Waals surface area contributed by atoms with Gasteiger partial charge in [0.25, 0.3) is 17.6 Å². The van der Waals surface area contributed by atoms with Gasteiger partial charge in [0.15, 0.2) is 5.54 Å². The minimum Gasteiger partial charge on any atom is -0.507 e. The molecule has 3 aliphatic heterocycles. The normalized spacial score (nSPS) is 24.0. The summed E-state index contributed by atoms with van der Waals surface area (Å²) in [6, 6.07) is 14.2. The van der Waals surface area contributed by atoms with Gasteiger partial charge < -0.3 is 19.6 Å². The summed E-state index contributed by atoms with van der Waals surface area (Å²) in [6.07, 6.45) is 0.582. The first-order valence-corrected chi connectivity index (χ1v) is 11.9. The fraction of sp³-hybridized carbons (Fsp3) is 0.370. The fourth-order valence-electron chi connectivity index (χ4n) is 5.40. The van der Waals surface area contributed by atoms with Crippen molar-refractivity contribution in [2.75, 3.05) is 51.3 Å². The number of fused-ring (bicyclic) bond motifs is 2. The second kappa shape index (κ2) is 8.94. The molecule has 3 aliphatic rings. The highest BCUT2D eigenvalue weighted by Crippen LogP contribution is 2.53. The molecule has 1 spiro atoms. The minimum atomic E-state index is -1.69. The Balaban J connectivity index is 1.63. The van der Waals surface area contributed by atoms with E-state index in [4.69, 9.17) is 4.74 Å². The van der Waals surface area contributed by atoms with E-state index in [0.717, 1.165) is 18.7 Å². The Morgan fingerprint density at radius 2 is 1.69 bits per heavy atom. The Bertz CT molecular complexity index is 1220. The van der Waals surface area contributed by atoms with E-state index in [9.17, 15) is 19.5 Å². The molecule has 2 aromatic rings. The molecule has 1 atom stereocenters. The third kappa shape index (κ3) is 3.56. The predicted octanol–water partition coefficient (Wildman–Crippen LogP) is 2.27. The maximum atomic E-state index is 14.0. The molecule has 0 aliphatic carbocycles. The van der Waals surface area contributed by atoms with E-state index < -0.39 is 23.1 Å². The Hall–Kier alpha value is -3.49.